The summed E-state index contributed by atoms with van der Waals surface area (Å²) in [5.41, 5.74) is 6.79. The Morgan fingerprint density at radius 3 is 2.00 bits per heavy atom. The van der Waals surface area contributed by atoms with E-state index in [2.05, 4.69) is 48.2 Å². The van der Waals surface area contributed by atoms with Crippen LogP contribution in [0.1, 0.15) is 94.4 Å². The van der Waals surface area contributed by atoms with Crippen molar-refractivity contribution in [1.82, 2.24) is 9.80 Å². The van der Waals surface area contributed by atoms with Crippen molar-refractivity contribution in [2.24, 2.45) is 5.92 Å². The number of nitrogens with zero attached hydrogens (tertiary/aromatic N) is 2. The van der Waals surface area contributed by atoms with Crippen LogP contribution < -0.4 is 0 Å². The molecule has 0 bridgehead atoms. The van der Waals surface area contributed by atoms with Gasteiger partial charge in [0.25, 0.3) is 11.8 Å². The molecule has 7 nitrogen and oxygen atoms in total. The van der Waals surface area contributed by atoms with Crippen molar-refractivity contribution in [3.05, 3.63) is 130 Å². The fraction of sp³-hybridized carbons (Fsp3) is 0.366. The van der Waals surface area contributed by atoms with Crippen LogP contribution in [0, 0.1) is 5.92 Å². The van der Waals surface area contributed by atoms with Crippen molar-refractivity contribution in [2.75, 3.05) is 19.6 Å². The fourth-order valence-electron chi connectivity index (χ4n) is 7.33. The first kappa shape index (κ1) is 32.4. The van der Waals surface area contributed by atoms with Crippen molar-refractivity contribution < 1.29 is 24.2 Å². The normalized spacial score (nSPS) is 23.5. The van der Waals surface area contributed by atoms with E-state index in [0.29, 0.717) is 11.1 Å². The Morgan fingerprint density at radius 1 is 0.688 bits per heavy atom. The lowest BCUT2D eigenvalue weighted by molar-refractivity contribution is -0.276. The average Bonchev–Trinajstić information content (AvgIpc) is 3.35. The minimum Gasteiger partial charge on any atom is -0.392 e. The second-order valence-corrected chi connectivity index (χ2v) is 13.5. The van der Waals surface area contributed by atoms with Crippen molar-refractivity contribution in [3.8, 4) is 11.1 Å². The number of ether oxygens (including phenoxy) is 2. The monoisotopic (exact) mass is 644 g/mol. The number of hydrogen-bond donors (Lipinski definition) is 1. The first-order valence-corrected chi connectivity index (χ1v) is 17.4. The Morgan fingerprint density at radius 2 is 1.33 bits per heavy atom. The number of likely N-dealkylation sites (tertiary alicyclic amines) is 1. The molecule has 7 heteroatoms. The van der Waals surface area contributed by atoms with Crippen LogP contribution in [0.3, 0.4) is 0 Å². The summed E-state index contributed by atoms with van der Waals surface area (Å²) < 4.78 is 13.5. The Labute approximate surface area is 283 Å². The number of benzene rings is 4. The molecule has 4 aromatic rings. The first-order valence-electron chi connectivity index (χ1n) is 17.4. The van der Waals surface area contributed by atoms with Gasteiger partial charge in [0, 0.05) is 18.0 Å². The highest BCUT2D eigenvalue weighted by molar-refractivity contribution is 6.21. The van der Waals surface area contributed by atoms with Gasteiger partial charge in [0.15, 0.2) is 6.29 Å². The highest BCUT2D eigenvalue weighted by atomic mass is 16.7. The van der Waals surface area contributed by atoms with E-state index in [-0.39, 0.29) is 43.1 Å². The summed E-state index contributed by atoms with van der Waals surface area (Å²) in [5.74, 6) is -0.352. The third kappa shape index (κ3) is 6.87. The molecule has 3 aliphatic heterocycles. The highest BCUT2D eigenvalue weighted by Crippen LogP contribution is 2.42. The SMILES string of the molecule is C[C@H]1[C@@H](CN2CCCCCCC2)O[C@@H](c2ccc(-c3cccc(CN4C(=O)c5ccccc5C4=O)c3)cc2)O[C@H]1c1ccc(CO)cc1. The summed E-state index contributed by atoms with van der Waals surface area (Å²) in [6, 6.07) is 31.4. The molecule has 0 aromatic heterocycles. The van der Waals surface area contributed by atoms with Gasteiger partial charge in [0.2, 0.25) is 0 Å². The zero-order valence-corrected chi connectivity index (χ0v) is 27.6. The van der Waals surface area contributed by atoms with Gasteiger partial charge in [-0.2, -0.15) is 0 Å². The van der Waals surface area contributed by atoms with Gasteiger partial charge in [-0.3, -0.25) is 14.5 Å². The third-order valence-electron chi connectivity index (χ3n) is 10.2. The van der Waals surface area contributed by atoms with E-state index >= 15 is 0 Å². The summed E-state index contributed by atoms with van der Waals surface area (Å²) in [6.45, 7) is 5.56. The molecule has 48 heavy (non-hydrogen) atoms. The highest BCUT2D eigenvalue weighted by Gasteiger charge is 2.39. The van der Waals surface area contributed by atoms with Gasteiger partial charge in [-0.05, 0) is 71.9 Å². The fourth-order valence-corrected chi connectivity index (χ4v) is 7.33. The Bertz CT molecular complexity index is 1690. The molecule has 0 spiro atoms. The number of fused-ring (bicyclic) bond motifs is 1. The lowest BCUT2D eigenvalue weighted by atomic mass is 9.89. The van der Waals surface area contributed by atoms with E-state index in [4.69, 9.17) is 9.47 Å². The minimum absolute atomic E-state index is 0.00389. The number of carbonyl (C=O) groups excluding carboxylic acids is 2. The van der Waals surface area contributed by atoms with Crippen molar-refractivity contribution in [2.45, 2.75) is 70.7 Å². The van der Waals surface area contributed by atoms with Gasteiger partial charge in [-0.15, -0.1) is 0 Å². The molecule has 2 saturated heterocycles. The number of amides is 2. The molecule has 1 N–H and O–H groups in total. The van der Waals surface area contributed by atoms with Gasteiger partial charge in [-0.25, -0.2) is 0 Å². The van der Waals surface area contributed by atoms with Crippen molar-refractivity contribution in [3.63, 3.8) is 0 Å². The number of aliphatic hydroxyl groups is 1. The molecule has 7 rings (SSSR count). The van der Waals surface area contributed by atoms with Gasteiger partial charge >= 0.3 is 0 Å². The van der Waals surface area contributed by atoms with Crippen LogP contribution in [0.25, 0.3) is 11.1 Å². The van der Waals surface area contributed by atoms with Crippen LogP contribution in [-0.2, 0) is 22.6 Å². The smallest absolute Gasteiger partial charge is 0.261 e. The summed E-state index contributed by atoms with van der Waals surface area (Å²) in [6.07, 6.45) is 5.72. The number of rotatable bonds is 8. The Hall–Kier alpha value is -4.14. The van der Waals surface area contributed by atoms with E-state index in [1.54, 1.807) is 24.3 Å². The average molecular weight is 645 g/mol. The van der Waals surface area contributed by atoms with Gasteiger partial charge in [0.1, 0.15) is 0 Å². The second-order valence-electron chi connectivity index (χ2n) is 13.5. The Balaban J connectivity index is 1.09. The molecule has 0 saturated carbocycles. The maximum Gasteiger partial charge on any atom is 0.261 e. The molecule has 248 valence electrons. The lowest BCUT2D eigenvalue weighted by Gasteiger charge is -2.43. The molecule has 2 amide bonds. The van der Waals surface area contributed by atoms with Crippen LogP contribution in [0.4, 0.5) is 0 Å². The largest absolute Gasteiger partial charge is 0.392 e. The summed E-state index contributed by atoms with van der Waals surface area (Å²) in [4.78, 5) is 29.8. The second kappa shape index (κ2) is 14.5. The van der Waals surface area contributed by atoms with Crippen molar-refractivity contribution >= 4 is 11.8 Å². The molecule has 4 atom stereocenters. The maximum absolute atomic E-state index is 12.9. The van der Waals surface area contributed by atoms with Gasteiger partial charge in [-0.1, -0.05) is 105 Å². The lowest BCUT2D eigenvalue weighted by Crippen LogP contribution is -2.45. The number of hydrogen-bond acceptors (Lipinski definition) is 6. The molecule has 3 aliphatic rings. The Kier molecular flexibility index (Phi) is 9.82. The molecule has 0 aliphatic carbocycles. The van der Waals surface area contributed by atoms with Crippen LogP contribution in [-0.4, -0.2) is 52.5 Å². The van der Waals surface area contributed by atoms with Crippen LogP contribution >= 0.6 is 0 Å². The molecular formula is C41H44N2O5. The number of carbonyl (C=O) groups is 2. The van der Waals surface area contributed by atoms with E-state index in [1.807, 2.05) is 36.4 Å². The summed E-state index contributed by atoms with van der Waals surface area (Å²) in [5, 5.41) is 9.60. The van der Waals surface area contributed by atoms with Crippen LogP contribution in [0.2, 0.25) is 0 Å². The van der Waals surface area contributed by atoms with E-state index in [1.165, 1.54) is 37.0 Å². The molecular weight excluding hydrogens is 600 g/mol. The van der Waals surface area contributed by atoms with E-state index < -0.39 is 6.29 Å². The predicted octanol–water partition coefficient (Wildman–Crippen LogP) is 7.70. The van der Waals surface area contributed by atoms with Crippen LogP contribution in [0.5, 0.6) is 0 Å². The van der Waals surface area contributed by atoms with Crippen LogP contribution in [0.15, 0.2) is 97.1 Å². The summed E-state index contributed by atoms with van der Waals surface area (Å²) >= 11 is 0. The number of aliphatic hydroxyl groups excluding tert-OH is 1. The molecule has 4 aromatic carbocycles. The first-order chi connectivity index (χ1) is 23.5. The van der Waals surface area contributed by atoms with E-state index in [9.17, 15) is 14.7 Å². The topological polar surface area (TPSA) is 79.3 Å². The maximum atomic E-state index is 12.9. The van der Waals surface area contributed by atoms with Crippen molar-refractivity contribution in [1.29, 1.82) is 0 Å². The van der Waals surface area contributed by atoms with E-state index in [0.717, 1.165) is 53.0 Å². The quantitative estimate of drug-likeness (QED) is 0.198. The standard InChI is InChI=1S/C41H44N2O5/c1-28-37(26-42-22-7-3-2-4-8-23-42)47-41(48-38(28)32-16-14-29(27-44)15-17-32)33-20-18-31(19-21-33)34-11-9-10-30(24-34)25-43-39(45)35-12-5-6-13-36(35)40(43)46/h5-6,9-21,24,28,37-38,41,44H,2-4,7-8,22-23,25-27H2,1H3/t28-,37+,38+,41+/m0/s1. The minimum atomic E-state index is -0.516. The third-order valence-corrected chi connectivity index (χ3v) is 10.2. The number of imide groups is 1. The molecule has 3 heterocycles. The zero-order valence-electron chi connectivity index (χ0n) is 27.6. The molecule has 0 radical (unpaired) electrons. The zero-order chi connectivity index (χ0) is 33.0. The molecule has 0 unspecified atom stereocenters. The van der Waals surface area contributed by atoms with Gasteiger partial charge < -0.3 is 19.5 Å². The molecule has 2 fully saturated rings. The van der Waals surface area contributed by atoms with Gasteiger partial charge in [0.05, 0.1) is 36.5 Å². The predicted molar refractivity (Wildman–Crippen MR) is 185 cm³/mol. The summed E-state index contributed by atoms with van der Waals surface area (Å²) in [7, 11) is 0.